The first-order valence-corrected chi connectivity index (χ1v) is 9.17. The van der Waals surface area contributed by atoms with Crippen molar-refractivity contribution in [2.45, 2.75) is 26.3 Å². The monoisotopic (exact) mass is 349 g/mol. The number of rotatable bonds is 5. The second-order valence-electron chi connectivity index (χ2n) is 6.28. The van der Waals surface area contributed by atoms with Gasteiger partial charge in [-0.05, 0) is 55.7 Å². The van der Waals surface area contributed by atoms with Gasteiger partial charge in [0.1, 0.15) is 0 Å². The lowest BCUT2D eigenvalue weighted by Crippen LogP contribution is -2.31. The van der Waals surface area contributed by atoms with Gasteiger partial charge in [-0.2, -0.15) is 0 Å². The van der Waals surface area contributed by atoms with Crippen LogP contribution in [-0.2, 0) is 6.42 Å². The van der Waals surface area contributed by atoms with E-state index in [1.54, 1.807) is 0 Å². The Morgan fingerprint density at radius 3 is 2.54 bits per heavy atom. The van der Waals surface area contributed by atoms with Crippen molar-refractivity contribution in [2.24, 2.45) is 0 Å². The van der Waals surface area contributed by atoms with Gasteiger partial charge in [0.2, 0.25) is 0 Å². The maximum Gasteiger partial charge on any atom is 0.161 e. The summed E-state index contributed by atoms with van der Waals surface area (Å²) in [5.41, 5.74) is 5.21. The fourth-order valence-corrected chi connectivity index (χ4v) is 3.48. The molecule has 1 aliphatic heterocycles. The molecule has 0 radical (unpaired) electrons. The molecule has 5 nitrogen and oxygen atoms in total. The molecule has 2 aromatic carbocycles. The molecule has 0 spiro atoms. The van der Waals surface area contributed by atoms with E-state index in [9.17, 15) is 0 Å². The third-order valence-electron chi connectivity index (χ3n) is 4.62. The van der Waals surface area contributed by atoms with Crippen LogP contribution in [0.2, 0.25) is 0 Å². The van der Waals surface area contributed by atoms with E-state index in [1.165, 1.54) is 11.1 Å². The van der Waals surface area contributed by atoms with E-state index in [2.05, 4.69) is 22.4 Å². The fraction of sp³-hybridized carbons (Fsp3) is 0.333. The molecule has 4 rings (SSSR count). The van der Waals surface area contributed by atoms with Crippen molar-refractivity contribution >= 4 is 11.0 Å². The zero-order valence-corrected chi connectivity index (χ0v) is 15.2. The number of fused-ring (bicyclic) bond motifs is 2. The van der Waals surface area contributed by atoms with Gasteiger partial charge in [-0.25, -0.2) is 4.98 Å². The predicted octanol–water partition coefficient (Wildman–Crippen LogP) is 3.66. The maximum absolute atomic E-state index is 5.82. The molecule has 0 amide bonds. The summed E-state index contributed by atoms with van der Waals surface area (Å²) in [6, 6.07) is 12.2. The highest BCUT2D eigenvalue weighted by Crippen LogP contribution is 2.37. The molecule has 0 saturated heterocycles. The van der Waals surface area contributed by atoms with Gasteiger partial charge in [0.15, 0.2) is 11.5 Å². The van der Waals surface area contributed by atoms with Gasteiger partial charge in [0.25, 0.3) is 0 Å². The molecule has 0 bridgehead atoms. The number of nitrogens with zero attached hydrogens (tertiary/aromatic N) is 2. The summed E-state index contributed by atoms with van der Waals surface area (Å²) in [4.78, 5) is 9.41. The Kier molecular flexibility index (Phi) is 4.71. The summed E-state index contributed by atoms with van der Waals surface area (Å²) in [6.45, 7) is 6.10. The molecule has 5 heteroatoms. The van der Waals surface area contributed by atoms with E-state index in [1.807, 2.05) is 44.3 Å². The highest BCUT2D eigenvalue weighted by Gasteiger charge is 2.25. The second kappa shape index (κ2) is 7.30. The van der Waals surface area contributed by atoms with Crippen LogP contribution < -0.4 is 14.8 Å². The minimum atomic E-state index is 0.00531. The average molecular weight is 349 g/mol. The van der Waals surface area contributed by atoms with E-state index < -0.39 is 0 Å². The molecule has 0 aliphatic carbocycles. The molecular weight excluding hydrogens is 326 g/mol. The topological polar surface area (TPSA) is 56.3 Å². The highest BCUT2D eigenvalue weighted by molar-refractivity contribution is 5.73. The van der Waals surface area contributed by atoms with Crippen LogP contribution in [0.5, 0.6) is 11.5 Å². The number of benzene rings is 2. The number of ether oxygens (including phenoxy) is 2. The molecule has 2 heterocycles. The minimum Gasteiger partial charge on any atom is -0.490 e. The van der Waals surface area contributed by atoms with Crippen LogP contribution >= 0.6 is 0 Å². The van der Waals surface area contributed by atoms with Crippen molar-refractivity contribution in [1.82, 2.24) is 15.3 Å². The number of hydrogen-bond acceptors (Lipinski definition) is 5. The Balaban J connectivity index is 1.78. The van der Waals surface area contributed by atoms with Gasteiger partial charge in [0, 0.05) is 6.54 Å². The van der Waals surface area contributed by atoms with E-state index in [4.69, 9.17) is 14.5 Å². The molecule has 1 aliphatic rings. The normalized spacial score (nSPS) is 16.3. The van der Waals surface area contributed by atoms with Crippen molar-refractivity contribution in [3.8, 4) is 11.5 Å². The first kappa shape index (κ1) is 16.8. The minimum absolute atomic E-state index is 0.00531. The Bertz CT molecular complexity index is 926. The lowest BCUT2D eigenvalue weighted by molar-refractivity contribution is 0.286. The Morgan fingerprint density at radius 1 is 1.04 bits per heavy atom. The molecule has 134 valence electrons. The largest absolute Gasteiger partial charge is 0.490 e. The first-order chi connectivity index (χ1) is 12.8. The van der Waals surface area contributed by atoms with Gasteiger partial charge in [0.05, 0.1) is 42.2 Å². The third kappa shape index (κ3) is 3.10. The van der Waals surface area contributed by atoms with E-state index in [-0.39, 0.29) is 6.04 Å². The Morgan fingerprint density at radius 2 is 1.77 bits per heavy atom. The molecule has 1 N–H and O–H groups in total. The van der Waals surface area contributed by atoms with Gasteiger partial charge < -0.3 is 14.8 Å². The van der Waals surface area contributed by atoms with Crippen LogP contribution in [-0.4, -0.2) is 29.7 Å². The van der Waals surface area contributed by atoms with Crippen molar-refractivity contribution in [3.05, 3.63) is 59.4 Å². The number of aromatic nitrogens is 2. The zero-order chi connectivity index (χ0) is 17.9. The molecule has 26 heavy (non-hydrogen) atoms. The Hall–Kier alpha value is -2.66. The van der Waals surface area contributed by atoms with Gasteiger partial charge in [-0.15, -0.1) is 0 Å². The molecule has 1 atom stereocenters. The Labute approximate surface area is 153 Å². The fourth-order valence-electron chi connectivity index (χ4n) is 3.48. The van der Waals surface area contributed by atoms with Gasteiger partial charge in [-0.1, -0.05) is 12.1 Å². The summed E-state index contributed by atoms with van der Waals surface area (Å²) in [5.74, 6) is 1.61. The third-order valence-corrected chi connectivity index (χ3v) is 4.62. The first-order valence-electron chi connectivity index (χ1n) is 9.17. The van der Waals surface area contributed by atoms with Crippen LogP contribution in [0, 0.1) is 0 Å². The summed E-state index contributed by atoms with van der Waals surface area (Å²) < 4.78 is 11.6. The van der Waals surface area contributed by atoms with Gasteiger partial charge >= 0.3 is 0 Å². The highest BCUT2D eigenvalue weighted by atomic mass is 16.5. The van der Waals surface area contributed by atoms with E-state index in [0.29, 0.717) is 13.2 Å². The molecular formula is C21H23N3O2. The summed E-state index contributed by atoms with van der Waals surface area (Å²) in [6.07, 6.45) is 2.82. The standard InChI is InChI=1S/C21H23N3O2/c1-3-25-19-11-14-9-10-22-21(15(14)12-20(19)26-4-2)18-13-23-16-7-5-6-8-17(16)24-18/h5-8,11-13,21-22H,3-4,9-10H2,1-2H3/t21-/m1/s1. The second-order valence-corrected chi connectivity index (χ2v) is 6.28. The van der Waals surface area contributed by atoms with Crippen molar-refractivity contribution < 1.29 is 9.47 Å². The predicted molar refractivity (Wildman–Crippen MR) is 102 cm³/mol. The van der Waals surface area contributed by atoms with Crippen molar-refractivity contribution in [2.75, 3.05) is 19.8 Å². The maximum atomic E-state index is 5.82. The molecule has 3 aromatic rings. The lowest BCUT2D eigenvalue weighted by Gasteiger charge is -2.28. The van der Waals surface area contributed by atoms with Crippen LogP contribution in [0.3, 0.4) is 0 Å². The zero-order valence-electron chi connectivity index (χ0n) is 15.2. The smallest absolute Gasteiger partial charge is 0.161 e. The SMILES string of the molecule is CCOc1cc2c(cc1OCC)[C@H](c1cnc3ccccc3n1)NCC2. The molecule has 1 aromatic heterocycles. The summed E-state index contributed by atoms with van der Waals surface area (Å²) in [7, 11) is 0. The molecule has 0 unspecified atom stereocenters. The number of para-hydroxylation sites is 2. The quantitative estimate of drug-likeness (QED) is 0.762. The number of nitrogens with one attached hydrogen (secondary N) is 1. The van der Waals surface area contributed by atoms with Crippen LogP contribution in [0.1, 0.15) is 36.7 Å². The van der Waals surface area contributed by atoms with Crippen LogP contribution in [0.15, 0.2) is 42.6 Å². The molecule has 0 fully saturated rings. The van der Waals surface area contributed by atoms with Crippen LogP contribution in [0.4, 0.5) is 0 Å². The van der Waals surface area contributed by atoms with E-state index in [0.717, 1.165) is 41.2 Å². The van der Waals surface area contributed by atoms with E-state index >= 15 is 0 Å². The van der Waals surface area contributed by atoms with Crippen molar-refractivity contribution in [1.29, 1.82) is 0 Å². The van der Waals surface area contributed by atoms with Gasteiger partial charge in [-0.3, -0.25) is 4.98 Å². The average Bonchev–Trinajstić information content (AvgIpc) is 2.68. The lowest BCUT2D eigenvalue weighted by atomic mass is 9.92. The van der Waals surface area contributed by atoms with Crippen LogP contribution in [0.25, 0.3) is 11.0 Å². The summed E-state index contributed by atoms with van der Waals surface area (Å²) >= 11 is 0. The molecule has 0 saturated carbocycles. The number of hydrogen-bond donors (Lipinski definition) is 1. The van der Waals surface area contributed by atoms with Crippen molar-refractivity contribution in [3.63, 3.8) is 0 Å². The summed E-state index contributed by atoms with van der Waals surface area (Å²) in [5, 5.41) is 3.58.